The Morgan fingerprint density at radius 2 is 2.08 bits per heavy atom. The van der Waals surface area contributed by atoms with Gasteiger partial charge in [0.05, 0.1) is 6.20 Å². The fourth-order valence-corrected chi connectivity index (χ4v) is 3.24. The molecule has 0 unspecified atom stereocenters. The minimum atomic E-state index is -0.298. The summed E-state index contributed by atoms with van der Waals surface area (Å²) in [6, 6.07) is 4.34. The van der Waals surface area contributed by atoms with Gasteiger partial charge in [-0.25, -0.2) is 0 Å². The second kappa shape index (κ2) is 7.04. The average Bonchev–Trinajstić information content (AvgIpc) is 3.20. The molecule has 136 valence electrons. The van der Waals surface area contributed by atoms with Crippen molar-refractivity contribution in [3.63, 3.8) is 0 Å². The second-order valence-electron chi connectivity index (χ2n) is 7.88. The molecule has 2 aromatic rings. The number of nitrogens with one attached hydrogen (secondary N) is 2. The zero-order chi connectivity index (χ0) is 18.0. The van der Waals surface area contributed by atoms with Gasteiger partial charge in [0.1, 0.15) is 11.5 Å². The van der Waals surface area contributed by atoms with Crippen molar-refractivity contribution in [2.75, 3.05) is 13.1 Å². The van der Waals surface area contributed by atoms with E-state index in [-0.39, 0.29) is 11.3 Å². The normalized spacial score (nSPS) is 16.4. The van der Waals surface area contributed by atoms with Crippen molar-refractivity contribution >= 4 is 5.91 Å². The Bertz CT molecular complexity index is 718. The summed E-state index contributed by atoms with van der Waals surface area (Å²) in [6.07, 6.45) is 3.81. The Hall–Kier alpha value is -2.08. The molecule has 2 aromatic heterocycles. The Morgan fingerprint density at radius 1 is 1.36 bits per heavy atom. The highest BCUT2D eigenvalue weighted by Gasteiger charge is 2.30. The zero-order valence-electron chi connectivity index (χ0n) is 15.6. The molecule has 0 saturated carbocycles. The van der Waals surface area contributed by atoms with Gasteiger partial charge in [-0.05, 0) is 31.9 Å². The topological polar surface area (TPSA) is 74.2 Å². The van der Waals surface area contributed by atoms with E-state index in [4.69, 9.17) is 4.42 Å². The number of piperidine rings is 1. The fourth-order valence-electron chi connectivity index (χ4n) is 3.24. The van der Waals surface area contributed by atoms with Crippen molar-refractivity contribution in [3.05, 3.63) is 29.7 Å². The number of H-pyrrole nitrogens is 1. The van der Waals surface area contributed by atoms with Gasteiger partial charge in [-0.15, -0.1) is 0 Å². The van der Waals surface area contributed by atoms with Crippen LogP contribution in [0.3, 0.4) is 0 Å². The molecule has 1 aliphatic heterocycles. The molecule has 25 heavy (non-hydrogen) atoms. The molecule has 0 aromatic carbocycles. The van der Waals surface area contributed by atoms with E-state index in [0.29, 0.717) is 6.04 Å². The summed E-state index contributed by atoms with van der Waals surface area (Å²) < 4.78 is 5.69. The first-order valence-electron chi connectivity index (χ1n) is 8.96. The first-order valence-corrected chi connectivity index (χ1v) is 8.96. The van der Waals surface area contributed by atoms with E-state index < -0.39 is 0 Å². The number of carbonyl (C=O) groups is 1. The van der Waals surface area contributed by atoms with E-state index in [1.54, 1.807) is 0 Å². The van der Waals surface area contributed by atoms with Crippen molar-refractivity contribution in [2.24, 2.45) is 5.41 Å². The number of hydrogen-bond donors (Lipinski definition) is 2. The fraction of sp³-hybridized carbons (Fsp3) is 0.579. The van der Waals surface area contributed by atoms with Gasteiger partial charge in [-0.1, -0.05) is 20.8 Å². The predicted molar refractivity (Wildman–Crippen MR) is 96.9 cm³/mol. The van der Waals surface area contributed by atoms with Gasteiger partial charge in [0, 0.05) is 36.7 Å². The summed E-state index contributed by atoms with van der Waals surface area (Å²) >= 11 is 0. The van der Waals surface area contributed by atoms with Gasteiger partial charge in [-0.2, -0.15) is 5.10 Å². The summed E-state index contributed by atoms with van der Waals surface area (Å²) in [5.74, 6) is 1.95. The SMILES string of the molecule is Cc1ccc(-c2[nH]ncc2CNC2CCN(C(=O)C(C)(C)C)CC2)o1. The van der Waals surface area contributed by atoms with Gasteiger partial charge in [0.15, 0.2) is 5.76 Å². The third kappa shape index (κ3) is 4.12. The van der Waals surface area contributed by atoms with E-state index in [0.717, 1.165) is 55.3 Å². The van der Waals surface area contributed by atoms with Crippen LogP contribution in [-0.4, -0.2) is 40.1 Å². The van der Waals surface area contributed by atoms with E-state index in [9.17, 15) is 4.79 Å². The summed E-state index contributed by atoms with van der Waals surface area (Å²) in [4.78, 5) is 14.4. The maximum Gasteiger partial charge on any atom is 0.227 e. The number of nitrogens with zero attached hydrogens (tertiary/aromatic N) is 2. The van der Waals surface area contributed by atoms with E-state index >= 15 is 0 Å². The van der Waals surface area contributed by atoms with Crippen LogP contribution in [0.5, 0.6) is 0 Å². The average molecular weight is 344 g/mol. The van der Waals surface area contributed by atoms with Crippen LogP contribution in [0.15, 0.2) is 22.7 Å². The van der Waals surface area contributed by atoms with Crippen LogP contribution in [0, 0.1) is 12.3 Å². The lowest BCUT2D eigenvalue weighted by Crippen LogP contribution is -2.48. The number of likely N-dealkylation sites (tertiary alicyclic amines) is 1. The van der Waals surface area contributed by atoms with Crippen LogP contribution < -0.4 is 5.32 Å². The molecule has 1 saturated heterocycles. The van der Waals surface area contributed by atoms with Crippen molar-refractivity contribution in [2.45, 2.75) is 53.1 Å². The molecule has 3 heterocycles. The molecule has 1 aliphatic rings. The van der Waals surface area contributed by atoms with Gasteiger partial charge >= 0.3 is 0 Å². The third-order valence-corrected chi connectivity index (χ3v) is 4.71. The number of aryl methyl sites for hydroxylation is 1. The number of amides is 1. The Morgan fingerprint density at radius 3 is 2.68 bits per heavy atom. The lowest BCUT2D eigenvalue weighted by molar-refractivity contribution is -0.140. The molecule has 1 fully saturated rings. The molecule has 0 aliphatic carbocycles. The number of furan rings is 1. The third-order valence-electron chi connectivity index (χ3n) is 4.71. The lowest BCUT2D eigenvalue weighted by Gasteiger charge is -2.36. The van der Waals surface area contributed by atoms with Crippen LogP contribution in [0.25, 0.3) is 11.5 Å². The molecular weight excluding hydrogens is 316 g/mol. The standard InChI is InChI=1S/C19H28N4O2/c1-13-5-6-16(25-13)17-14(12-21-22-17)11-20-15-7-9-23(10-8-15)18(24)19(2,3)4/h5-6,12,15,20H,7-11H2,1-4H3,(H,21,22). The summed E-state index contributed by atoms with van der Waals surface area (Å²) in [5.41, 5.74) is 1.73. The first kappa shape index (κ1) is 17.7. The van der Waals surface area contributed by atoms with Crippen molar-refractivity contribution in [1.82, 2.24) is 20.4 Å². The predicted octanol–water partition coefficient (Wildman–Crippen LogP) is 3.10. The quantitative estimate of drug-likeness (QED) is 0.894. The molecular formula is C19H28N4O2. The van der Waals surface area contributed by atoms with Crippen molar-refractivity contribution < 1.29 is 9.21 Å². The Kier molecular flexibility index (Phi) is 4.99. The Labute approximate surface area is 149 Å². The van der Waals surface area contributed by atoms with Crippen LogP contribution in [0.1, 0.15) is 44.9 Å². The van der Waals surface area contributed by atoms with Gasteiger partial charge in [-0.3, -0.25) is 9.89 Å². The molecule has 6 heteroatoms. The highest BCUT2D eigenvalue weighted by Crippen LogP contribution is 2.24. The number of aromatic nitrogens is 2. The highest BCUT2D eigenvalue weighted by atomic mass is 16.3. The number of rotatable bonds is 4. The lowest BCUT2D eigenvalue weighted by atomic mass is 9.93. The molecule has 0 radical (unpaired) electrons. The highest BCUT2D eigenvalue weighted by molar-refractivity contribution is 5.81. The van der Waals surface area contributed by atoms with Crippen LogP contribution in [0.4, 0.5) is 0 Å². The number of aromatic amines is 1. The summed E-state index contributed by atoms with van der Waals surface area (Å²) in [7, 11) is 0. The van der Waals surface area contributed by atoms with Crippen molar-refractivity contribution in [1.29, 1.82) is 0 Å². The minimum absolute atomic E-state index is 0.247. The molecule has 0 bridgehead atoms. The van der Waals surface area contributed by atoms with Crippen molar-refractivity contribution in [3.8, 4) is 11.5 Å². The molecule has 0 atom stereocenters. The van der Waals surface area contributed by atoms with E-state index in [2.05, 4.69) is 15.5 Å². The van der Waals surface area contributed by atoms with E-state index in [1.165, 1.54) is 0 Å². The molecule has 3 rings (SSSR count). The molecule has 0 spiro atoms. The van der Waals surface area contributed by atoms with Gasteiger partial charge in [0.2, 0.25) is 5.91 Å². The monoisotopic (exact) mass is 344 g/mol. The van der Waals surface area contributed by atoms with Crippen LogP contribution >= 0.6 is 0 Å². The van der Waals surface area contributed by atoms with Gasteiger partial charge in [0.25, 0.3) is 0 Å². The molecule has 1 amide bonds. The maximum absolute atomic E-state index is 12.4. The number of hydrogen-bond acceptors (Lipinski definition) is 4. The molecule has 6 nitrogen and oxygen atoms in total. The largest absolute Gasteiger partial charge is 0.460 e. The zero-order valence-corrected chi connectivity index (χ0v) is 15.6. The Balaban J connectivity index is 1.53. The number of carbonyl (C=O) groups excluding carboxylic acids is 1. The van der Waals surface area contributed by atoms with Crippen LogP contribution in [0.2, 0.25) is 0 Å². The van der Waals surface area contributed by atoms with Gasteiger partial charge < -0.3 is 14.6 Å². The summed E-state index contributed by atoms with van der Waals surface area (Å²) in [6.45, 7) is 10.3. The first-order chi connectivity index (χ1) is 11.8. The maximum atomic E-state index is 12.4. The molecule has 2 N–H and O–H groups in total. The summed E-state index contributed by atoms with van der Waals surface area (Å²) in [5, 5.41) is 10.8. The van der Waals surface area contributed by atoms with Crippen LogP contribution in [-0.2, 0) is 11.3 Å². The van der Waals surface area contributed by atoms with E-state index in [1.807, 2.05) is 50.9 Å². The second-order valence-corrected chi connectivity index (χ2v) is 7.88. The smallest absolute Gasteiger partial charge is 0.227 e. The minimum Gasteiger partial charge on any atom is -0.460 e.